The summed E-state index contributed by atoms with van der Waals surface area (Å²) >= 11 is 0. The van der Waals surface area contributed by atoms with E-state index in [1.807, 2.05) is 57.2 Å². The molecule has 0 aliphatic rings. The fourth-order valence-electron chi connectivity index (χ4n) is 2.85. The van der Waals surface area contributed by atoms with E-state index in [-0.39, 0.29) is 18.4 Å². The number of carbonyl (C=O) groups excluding carboxylic acids is 2. The average Bonchev–Trinajstić information content (AvgIpc) is 2.69. The van der Waals surface area contributed by atoms with E-state index in [4.69, 9.17) is 4.74 Å². The zero-order valence-electron chi connectivity index (χ0n) is 16.8. The van der Waals surface area contributed by atoms with Gasteiger partial charge in [-0.3, -0.25) is 9.59 Å². The van der Waals surface area contributed by atoms with Crippen LogP contribution in [0.25, 0.3) is 0 Å². The number of carbonyl (C=O) groups is 2. The van der Waals surface area contributed by atoms with E-state index in [2.05, 4.69) is 10.6 Å². The standard InChI is InChI=1S/C24H24N2O3/c1-16-11-12-21(13-18(16)3)29-15-23(27)25-19-8-6-9-20(14-19)26-24(28)22-10-5-4-7-17(22)2/h4-14H,15H2,1-3H3,(H,25,27)(H,26,28). The summed E-state index contributed by atoms with van der Waals surface area (Å²) in [6.45, 7) is 5.82. The maximum atomic E-state index is 12.5. The molecule has 3 aromatic carbocycles. The van der Waals surface area contributed by atoms with Crippen LogP contribution in [0, 0.1) is 20.8 Å². The molecular formula is C24H24N2O3. The van der Waals surface area contributed by atoms with Crippen LogP contribution >= 0.6 is 0 Å². The van der Waals surface area contributed by atoms with Gasteiger partial charge in [0.1, 0.15) is 5.75 Å². The van der Waals surface area contributed by atoms with Crippen molar-refractivity contribution in [3.63, 3.8) is 0 Å². The summed E-state index contributed by atoms with van der Waals surface area (Å²) in [5.41, 5.74) is 4.99. The van der Waals surface area contributed by atoms with Crippen molar-refractivity contribution in [2.24, 2.45) is 0 Å². The largest absolute Gasteiger partial charge is 0.484 e. The molecule has 0 saturated carbocycles. The van der Waals surface area contributed by atoms with E-state index in [0.717, 1.165) is 11.1 Å². The van der Waals surface area contributed by atoms with Crippen molar-refractivity contribution < 1.29 is 14.3 Å². The van der Waals surface area contributed by atoms with Gasteiger partial charge in [0.05, 0.1) is 0 Å². The van der Waals surface area contributed by atoms with Crippen LogP contribution in [-0.4, -0.2) is 18.4 Å². The summed E-state index contributed by atoms with van der Waals surface area (Å²) in [6.07, 6.45) is 0. The first-order valence-electron chi connectivity index (χ1n) is 9.39. The second kappa shape index (κ2) is 9.06. The van der Waals surface area contributed by atoms with Crippen LogP contribution in [0.3, 0.4) is 0 Å². The lowest BCUT2D eigenvalue weighted by molar-refractivity contribution is -0.118. The predicted octanol–water partition coefficient (Wildman–Crippen LogP) is 4.88. The van der Waals surface area contributed by atoms with Gasteiger partial charge in [-0.2, -0.15) is 0 Å². The molecule has 0 saturated heterocycles. The van der Waals surface area contributed by atoms with Crippen LogP contribution in [0.2, 0.25) is 0 Å². The molecule has 0 aliphatic carbocycles. The topological polar surface area (TPSA) is 67.4 Å². The molecule has 0 radical (unpaired) electrons. The molecule has 2 amide bonds. The fourth-order valence-corrected chi connectivity index (χ4v) is 2.85. The van der Waals surface area contributed by atoms with E-state index in [1.165, 1.54) is 5.56 Å². The number of aryl methyl sites for hydroxylation is 3. The molecule has 148 valence electrons. The Balaban J connectivity index is 1.59. The lowest BCUT2D eigenvalue weighted by Crippen LogP contribution is -2.20. The van der Waals surface area contributed by atoms with E-state index in [1.54, 1.807) is 30.3 Å². The highest BCUT2D eigenvalue weighted by Gasteiger charge is 2.10. The van der Waals surface area contributed by atoms with Crippen molar-refractivity contribution in [2.75, 3.05) is 17.2 Å². The zero-order chi connectivity index (χ0) is 20.8. The zero-order valence-corrected chi connectivity index (χ0v) is 16.8. The molecule has 0 spiro atoms. The highest BCUT2D eigenvalue weighted by molar-refractivity contribution is 6.05. The van der Waals surface area contributed by atoms with Gasteiger partial charge in [0.2, 0.25) is 0 Å². The summed E-state index contributed by atoms with van der Waals surface area (Å²) in [4.78, 5) is 24.7. The average molecular weight is 388 g/mol. The van der Waals surface area contributed by atoms with Gasteiger partial charge in [-0.05, 0) is 73.9 Å². The second-order valence-electron chi connectivity index (χ2n) is 6.93. The molecule has 3 aromatic rings. The highest BCUT2D eigenvalue weighted by atomic mass is 16.5. The number of anilines is 2. The maximum absolute atomic E-state index is 12.5. The third-order valence-electron chi connectivity index (χ3n) is 4.64. The van der Waals surface area contributed by atoms with Crippen LogP contribution < -0.4 is 15.4 Å². The first-order valence-corrected chi connectivity index (χ1v) is 9.39. The van der Waals surface area contributed by atoms with Gasteiger partial charge in [-0.15, -0.1) is 0 Å². The maximum Gasteiger partial charge on any atom is 0.262 e. The smallest absolute Gasteiger partial charge is 0.262 e. The first-order chi connectivity index (χ1) is 13.9. The number of hydrogen-bond acceptors (Lipinski definition) is 3. The summed E-state index contributed by atoms with van der Waals surface area (Å²) in [6, 6.07) is 20.1. The SMILES string of the molecule is Cc1ccc(OCC(=O)Nc2cccc(NC(=O)c3ccccc3C)c2)cc1C. The minimum absolute atomic E-state index is 0.0949. The van der Waals surface area contributed by atoms with Gasteiger partial charge in [0.25, 0.3) is 11.8 Å². The van der Waals surface area contributed by atoms with Crippen LogP contribution in [0.15, 0.2) is 66.7 Å². The minimum Gasteiger partial charge on any atom is -0.484 e. The van der Waals surface area contributed by atoms with Crippen molar-refractivity contribution in [3.8, 4) is 5.75 Å². The normalized spacial score (nSPS) is 10.3. The third-order valence-corrected chi connectivity index (χ3v) is 4.64. The van der Waals surface area contributed by atoms with Crippen molar-refractivity contribution in [1.29, 1.82) is 0 Å². The Morgan fingerprint density at radius 3 is 2.21 bits per heavy atom. The van der Waals surface area contributed by atoms with Crippen LogP contribution in [0.4, 0.5) is 11.4 Å². The van der Waals surface area contributed by atoms with Gasteiger partial charge < -0.3 is 15.4 Å². The quantitative estimate of drug-likeness (QED) is 0.632. The Bertz CT molecular complexity index is 1040. The monoisotopic (exact) mass is 388 g/mol. The molecule has 0 atom stereocenters. The lowest BCUT2D eigenvalue weighted by Gasteiger charge is -2.11. The fraction of sp³-hybridized carbons (Fsp3) is 0.167. The van der Waals surface area contributed by atoms with Gasteiger partial charge in [0, 0.05) is 16.9 Å². The summed E-state index contributed by atoms with van der Waals surface area (Å²) < 4.78 is 5.56. The van der Waals surface area contributed by atoms with Crippen molar-refractivity contribution in [3.05, 3.63) is 89.0 Å². The molecule has 0 bridgehead atoms. The molecule has 3 rings (SSSR count). The molecule has 0 fully saturated rings. The summed E-state index contributed by atoms with van der Waals surface area (Å²) in [7, 11) is 0. The Kier molecular flexibility index (Phi) is 6.29. The second-order valence-corrected chi connectivity index (χ2v) is 6.93. The Morgan fingerprint density at radius 2 is 1.48 bits per heavy atom. The summed E-state index contributed by atoms with van der Waals surface area (Å²) in [5.74, 6) is 0.192. The Morgan fingerprint density at radius 1 is 0.759 bits per heavy atom. The van der Waals surface area contributed by atoms with Gasteiger partial charge in [-0.1, -0.05) is 30.3 Å². The lowest BCUT2D eigenvalue weighted by atomic mass is 10.1. The van der Waals surface area contributed by atoms with Crippen LogP contribution in [-0.2, 0) is 4.79 Å². The van der Waals surface area contributed by atoms with Crippen molar-refractivity contribution in [1.82, 2.24) is 0 Å². The first kappa shape index (κ1) is 20.1. The van der Waals surface area contributed by atoms with E-state index < -0.39 is 0 Å². The van der Waals surface area contributed by atoms with E-state index in [0.29, 0.717) is 22.7 Å². The molecule has 0 heterocycles. The highest BCUT2D eigenvalue weighted by Crippen LogP contribution is 2.18. The number of nitrogens with one attached hydrogen (secondary N) is 2. The number of rotatable bonds is 6. The molecular weight excluding hydrogens is 364 g/mol. The number of amides is 2. The predicted molar refractivity (Wildman–Crippen MR) is 116 cm³/mol. The number of hydrogen-bond donors (Lipinski definition) is 2. The van der Waals surface area contributed by atoms with Gasteiger partial charge in [0.15, 0.2) is 6.61 Å². The molecule has 0 unspecified atom stereocenters. The Hall–Kier alpha value is -3.60. The number of benzene rings is 3. The molecule has 0 aliphatic heterocycles. The summed E-state index contributed by atoms with van der Waals surface area (Å²) in [5, 5.41) is 5.65. The molecule has 29 heavy (non-hydrogen) atoms. The van der Waals surface area contributed by atoms with Gasteiger partial charge >= 0.3 is 0 Å². The van der Waals surface area contributed by atoms with Crippen molar-refractivity contribution in [2.45, 2.75) is 20.8 Å². The molecule has 5 heteroatoms. The molecule has 2 N–H and O–H groups in total. The van der Waals surface area contributed by atoms with E-state index in [9.17, 15) is 9.59 Å². The third kappa shape index (κ3) is 5.45. The molecule has 5 nitrogen and oxygen atoms in total. The van der Waals surface area contributed by atoms with Crippen molar-refractivity contribution >= 4 is 23.2 Å². The van der Waals surface area contributed by atoms with E-state index >= 15 is 0 Å². The number of ether oxygens (including phenoxy) is 1. The van der Waals surface area contributed by atoms with Gasteiger partial charge in [-0.25, -0.2) is 0 Å². The van der Waals surface area contributed by atoms with Crippen LogP contribution in [0.5, 0.6) is 5.75 Å². The minimum atomic E-state index is -0.273. The molecule has 0 aromatic heterocycles. The Labute approximate surface area is 170 Å². The van der Waals surface area contributed by atoms with Crippen LogP contribution in [0.1, 0.15) is 27.0 Å².